The summed E-state index contributed by atoms with van der Waals surface area (Å²) in [7, 11) is 0. The van der Waals surface area contributed by atoms with E-state index in [1.54, 1.807) is 4.52 Å². The van der Waals surface area contributed by atoms with Gasteiger partial charge in [-0.1, -0.05) is 18.5 Å². The van der Waals surface area contributed by atoms with Crippen molar-refractivity contribution < 1.29 is 0 Å². The second kappa shape index (κ2) is 3.32. The molecule has 0 amide bonds. The van der Waals surface area contributed by atoms with E-state index in [0.29, 0.717) is 10.6 Å². The molecule has 0 aliphatic rings. The highest BCUT2D eigenvalue weighted by molar-refractivity contribution is 6.34. The molecule has 0 aromatic carbocycles. The summed E-state index contributed by atoms with van der Waals surface area (Å²) in [5.41, 5.74) is 2.37. The lowest BCUT2D eigenvalue weighted by molar-refractivity contribution is 0.929. The number of aryl methyl sites for hydroxylation is 1. The van der Waals surface area contributed by atoms with Crippen LogP contribution in [0.2, 0.25) is 5.02 Å². The van der Waals surface area contributed by atoms with Crippen LogP contribution in [0, 0.1) is 11.3 Å². The molecule has 2 heterocycles. The van der Waals surface area contributed by atoms with Crippen LogP contribution in [0.3, 0.4) is 0 Å². The zero-order valence-corrected chi connectivity index (χ0v) is 8.41. The zero-order valence-electron chi connectivity index (χ0n) is 7.66. The first-order chi connectivity index (χ1) is 6.76. The molecule has 0 bridgehead atoms. The van der Waals surface area contributed by atoms with Gasteiger partial charge < -0.3 is 0 Å². The lowest BCUT2D eigenvalue weighted by Crippen LogP contribution is -1.91. The summed E-state index contributed by atoms with van der Waals surface area (Å²) in [6.07, 6.45) is 4.33. The van der Waals surface area contributed by atoms with Gasteiger partial charge in [-0.15, -0.1) is 0 Å². The number of hydrogen-bond acceptors (Lipinski definition) is 2. The Bertz CT molecular complexity index is 522. The molecule has 0 unspecified atom stereocenters. The van der Waals surface area contributed by atoms with Gasteiger partial charge >= 0.3 is 0 Å². The predicted molar refractivity (Wildman–Crippen MR) is 54.3 cm³/mol. The quantitative estimate of drug-likeness (QED) is 0.718. The van der Waals surface area contributed by atoms with E-state index in [1.807, 2.05) is 18.3 Å². The second-order valence-corrected chi connectivity index (χ2v) is 3.39. The maximum atomic E-state index is 8.76. The average molecular weight is 206 g/mol. The van der Waals surface area contributed by atoms with Crippen LogP contribution in [0.4, 0.5) is 0 Å². The zero-order chi connectivity index (χ0) is 10.1. The minimum atomic E-state index is 0.417. The molecule has 0 spiro atoms. The summed E-state index contributed by atoms with van der Waals surface area (Å²) in [6, 6.07) is 3.96. The van der Waals surface area contributed by atoms with E-state index < -0.39 is 0 Å². The molecule has 0 saturated heterocycles. The predicted octanol–water partition coefficient (Wildman–Crippen LogP) is 2.42. The van der Waals surface area contributed by atoms with Crippen LogP contribution in [-0.4, -0.2) is 9.61 Å². The number of halogens is 1. The smallest absolute Gasteiger partial charge is 0.102 e. The Morgan fingerprint density at radius 3 is 3.07 bits per heavy atom. The molecule has 2 aromatic heterocycles. The largest absolute Gasteiger partial charge is 0.239 e. The third kappa shape index (κ3) is 1.24. The Balaban J connectivity index is 2.76. The fourth-order valence-corrected chi connectivity index (χ4v) is 1.58. The van der Waals surface area contributed by atoms with Gasteiger partial charge in [0.2, 0.25) is 0 Å². The number of nitriles is 1. The lowest BCUT2D eigenvalue weighted by Gasteiger charge is -1.96. The first kappa shape index (κ1) is 9.04. The standard InChI is InChI=1S/C10H8ClN3/c1-2-7-3-9-10(11)8(4-12)5-13-14(9)6-7/h3,5-6H,2H2,1H3. The Morgan fingerprint density at radius 2 is 2.43 bits per heavy atom. The lowest BCUT2D eigenvalue weighted by atomic mass is 10.2. The van der Waals surface area contributed by atoms with Crippen molar-refractivity contribution >= 4 is 17.1 Å². The van der Waals surface area contributed by atoms with E-state index in [4.69, 9.17) is 16.9 Å². The van der Waals surface area contributed by atoms with Gasteiger partial charge in [0.05, 0.1) is 22.3 Å². The van der Waals surface area contributed by atoms with Gasteiger partial charge in [-0.05, 0) is 18.1 Å². The van der Waals surface area contributed by atoms with Crippen LogP contribution in [0.5, 0.6) is 0 Å². The fraction of sp³-hybridized carbons (Fsp3) is 0.200. The van der Waals surface area contributed by atoms with Gasteiger partial charge in [-0.3, -0.25) is 0 Å². The first-order valence-corrected chi connectivity index (χ1v) is 4.70. The maximum Gasteiger partial charge on any atom is 0.102 e. The number of nitrogens with zero attached hydrogens (tertiary/aromatic N) is 3. The van der Waals surface area contributed by atoms with Crippen molar-refractivity contribution in [1.82, 2.24) is 9.61 Å². The molecule has 0 atom stereocenters. The molecule has 0 aliphatic carbocycles. The fourth-order valence-electron chi connectivity index (χ4n) is 1.35. The Morgan fingerprint density at radius 1 is 1.64 bits per heavy atom. The summed E-state index contributed by atoms with van der Waals surface area (Å²) in [5, 5.41) is 13.3. The van der Waals surface area contributed by atoms with Gasteiger partial charge in [-0.2, -0.15) is 10.4 Å². The van der Waals surface area contributed by atoms with E-state index in [-0.39, 0.29) is 0 Å². The van der Waals surface area contributed by atoms with Crippen LogP contribution in [0.1, 0.15) is 18.1 Å². The number of rotatable bonds is 1. The number of fused-ring (bicyclic) bond motifs is 1. The van der Waals surface area contributed by atoms with Gasteiger partial charge in [-0.25, -0.2) is 4.52 Å². The summed E-state index contributed by atoms with van der Waals surface area (Å²) in [5.74, 6) is 0. The van der Waals surface area contributed by atoms with Gasteiger partial charge in [0.25, 0.3) is 0 Å². The van der Waals surface area contributed by atoms with Crippen molar-refractivity contribution in [2.75, 3.05) is 0 Å². The second-order valence-electron chi connectivity index (χ2n) is 3.02. The third-order valence-corrected chi connectivity index (χ3v) is 2.56. The van der Waals surface area contributed by atoms with Gasteiger partial charge in [0.1, 0.15) is 6.07 Å². The number of aromatic nitrogens is 2. The minimum Gasteiger partial charge on any atom is -0.239 e. The molecular formula is C10H8ClN3. The first-order valence-electron chi connectivity index (χ1n) is 4.32. The Kier molecular flexibility index (Phi) is 2.14. The Hall–Kier alpha value is -1.53. The topological polar surface area (TPSA) is 41.1 Å². The van der Waals surface area contributed by atoms with Gasteiger partial charge in [0.15, 0.2) is 0 Å². The van der Waals surface area contributed by atoms with Crippen molar-refractivity contribution in [2.45, 2.75) is 13.3 Å². The molecule has 3 nitrogen and oxygen atoms in total. The third-order valence-electron chi connectivity index (χ3n) is 2.16. The van der Waals surface area contributed by atoms with Gasteiger partial charge in [0, 0.05) is 6.20 Å². The average Bonchev–Trinajstić information content (AvgIpc) is 2.62. The van der Waals surface area contributed by atoms with Crippen molar-refractivity contribution in [3.63, 3.8) is 0 Å². The molecule has 0 N–H and O–H groups in total. The molecular weight excluding hydrogens is 198 g/mol. The monoisotopic (exact) mass is 205 g/mol. The summed E-state index contributed by atoms with van der Waals surface area (Å²) in [4.78, 5) is 0. The van der Waals surface area contributed by atoms with Crippen LogP contribution < -0.4 is 0 Å². The SMILES string of the molecule is CCc1cc2c(Cl)c(C#N)cnn2c1. The van der Waals surface area contributed by atoms with Crippen LogP contribution in [-0.2, 0) is 6.42 Å². The minimum absolute atomic E-state index is 0.417. The van der Waals surface area contributed by atoms with Crippen molar-refractivity contribution in [3.8, 4) is 6.07 Å². The summed E-state index contributed by atoms with van der Waals surface area (Å²) in [6.45, 7) is 2.06. The van der Waals surface area contributed by atoms with E-state index in [0.717, 1.165) is 17.5 Å². The van der Waals surface area contributed by atoms with Crippen molar-refractivity contribution in [1.29, 1.82) is 5.26 Å². The van der Waals surface area contributed by atoms with E-state index in [2.05, 4.69) is 12.0 Å². The molecule has 2 rings (SSSR count). The van der Waals surface area contributed by atoms with Crippen LogP contribution >= 0.6 is 11.6 Å². The molecule has 0 radical (unpaired) electrons. The molecule has 14 heavy (non-hydrogen) atoms. The molecule has 2 aromatic rings. The summed E-state index contributed by atoms with van der Waals surface area (Å²) < 4.78 is 1.70. The van der Waals surface area contributed by atoms with Crippen molar-refractivity contribution in [3.05, 3.63) is 34.6 Å². The highest BCUT2D eigenvalue weighted by atomic mass is 35.5. The molecule has 0 saturated carbocycles. The number of hydrogen-bond donors (Lipinski definition) is 0. The highest BCUT2D eigenvalue weighted by Crippen LogP contribution is 2.22. The molecule has 4 heteroatoms. The molecule has 70 valence electrons. The van der Waals surface area contributed by atoms with Crippen molar-refractivity contribution in [2.24, 2.45) is 0 Å². The molecule has 0 fully saturated rings. The summed E-state index contributed by atoms with van der Waals surface area (Å²) >= 11 is 6.03. The maximum absolute atomic E-state index is 8.76. The highest BCUT2D eigenvalue weighted by Gasteiger charge is 2.07. The van der Waals surface area contributed by atoms with E-state index in [1.165, 1.54) is 6.20 Å². The normalized spacial score (nSPS) is 10.4. The molecule has 0 aliphatic heterocycles. The van der Waals surface area contributed by atoms with Crippen LogP contribution in [0.15, 0.2) is 18.5 Å². The van der Waals surface area contributed by atoms with E-state index >= 15 is 0 Å². The van der Waals surface area contributed by atoms with E-state index in [9.17, 15) is 0 Å². The Labute approximate surface area is 86.5 Å². The van der Waals surface area contributed by atoms with Crippen LogP contribution in [0.25, 0.3) is 5.52 Å².